The standard InChI is InChI=1S/C26H25BClFN4O5S/c1-30-26(34)24-23-11-20(16-3-4-16)18(14-33(23)31-25(24)17-5-7-19(28)8-6-17)13-32(39(37)38)12-15-2-9-21(27(35)36)22(29)10-15/h2,5-11,14,16,35-36H,3-4,12-13H2,1H3,(H,30,34)(H,37,38). The molecule has 2 aromatic heterocycles. The summed E-state index contributed by atoms with van der Waals surface area (Å²) in [6, 6.07) is 12.8. The quantitative estimate of drug-likeness (QED) is 0.181. The number of halogens is 2. The topological polar surface area (TPSA) is 127 Å². The molecule has 2 aromatic carbocycles. The van der Waals surface area contributed by atoms with Gasteiger partial charge >= 0.3 is 7.12 Å². The van der Waals surface area contributed by atoms with E-state index in [1.54, 1.807) is 42.0 Å². The third-order valence-electron chi connectivity index (χ3n) is 6.75. The van der Waals surface area contributed by atoms with Crippen LogP contribution in [0.4, 0.5) is 4.39 Å². The molecule has 39 heavy (non-hydrogen) atoms. The summed E-state index contributed by atoms with van der Waals surface area (Å²) in [4.78, 5) is 13.0. The van der Waals surface area contributed by atoms with Gasteiger partial charge in [0.05, 0.1) is 11.1 Å². The summed E-state index contributed by atoms with van der Waals surface area (Å²) in [5, 5.41) is 26.5. The van der Waals surface area contributed by atoms with Gasteiger partial charge in [-0.1, -0.05) is 35.9 Å². The Labute approximate surface area is 231 Å². The van der Waals surface area contributed by atoms with Crippen molar-refractivity contribution in [2.24, 2.45) is 0 Å². The Hall–Kier alpha value is -3.13. The van der Waals surface area contributed by atoms with E-state index in [1.165, 1.54) is 16.4 Å². The van der Waals surface area contributed by atoms with Crippen LogP contribution in [-0.2, 0) is 24.4 Å². The molecule has 5 rings (SSSR count). The number of rotatable bonds is 9. The summed E-state index contributed by atoms with van der Waals surface area (Å²) in [5.41, 5.74) is 4.04. The highest BCUT2D eigenvalue weighted by Crippen LogP contribution is 2.43. The number of carbonyl (C=O) groups excluding carboxylic acids is 1. The van der Waals surface area contributed by atoms with Gasteiger partial charge in [-0.15, -0.1) is 0 Å². The van der Waals surface area contributed by atoms with Crippen LogP contribution in [0.1, 0.15) is 45.8 Å². The minimum Gasteiger partial charge on any atom is -0.423 e. The number of benzene rings is 2. The first kappa shape index (κ1) is 27.4. The van der Waals surface area contributed by atoms with Crippen LogP contribution in [0.15, 0.2) is 54.7 Å². The van der Waals surface area contributed by atoms with E-state index in [1.807, 2.05) is 6.07 Å². The number of nitrogens with one attached hydrogen (secondary N) is 1. The number of aromatic nitrogens is 2. The van der Waals surface area contributed by atoms with Crippen LogP contribution >= 0.6 is 11.6 Å². The number of pyridine rings is 1. The van der Waals surface area contributed by atoms with E-state index in [0.717, 1.165) is 30.0 Å². The average Bonchev–Trinajstić information content (AvgIpc) is 3.68. The van der Waals surface area contributed by atoms with Crippen molar-refractivity contribution in [2.45, 2.75) is 31.8 Å². The monoisotopic (exact) mass is 570 g/mol. The lowest BCUT2D eigenvalue weighted by Crippen LogP contribution is -2.33. The van der Waals surface area contributed by atoms with Crippen LogP contribution in [-0.4, -0.2) is 52.8 Å². The van der Waals surface area contributed by atoms with Crippen molar-refractivity contribution < 1.29 is 28.0 Å². The second-order valence-electron chi connectivity index (χ2n) is 9.43. The zero-order chi connectivity index (χ0) is 27.8. The number of amides is 1. The molecule has 4 aromatic rings. The van der Waals surface area contributed by atoms with E-state index in [9.17, 15) is 28.0 Å². The van der Waals surface area contributed by atoms with E-state index in [2.05, 4.69) is 5.32 Å². The lowest BCUT2D eigenvalue weighted by molar-refractivity contribution is 0.0965. The highest BCUT2D eigenvalue weighted by Gasteiger charge is 2.30. The molecule has 0 radical (unpaired) electrons. The Bertz CT molecular complexity index is 1580. The lowest BCUT2D eigenvalue weighted by atomic mass is 9.79. The number of hydrogen-bond acceptors (Lipinski definition) is 5. The van der Waals surface area contributed by atoms with Crippen molar-refractivity contribution in [3.05, 3.63) is 87.8 Å². The van der Waals surface area contributed by atoms with Gasteiger partial charge in [0, 0.05) is 42.4 Å². The zero-order valence-corrected chi connectivity index (χ0v) is 22.4. The first-order valence-corrected chi connectivity index (χ1v) is 13.6. The Kier molecular flexibility index (Phi) is 7.85. The van der Waals surface area contributed by atoms with Gasteiger partial charge in [-0.05, 0) is 59.7 Å². The van der Waals surface area contributed by atoms with E-state index in [-0.39, 0.29) is 30.4 Å². The molecule has 1 fully saturated rings. The second kappa shape index (κ2) is 11.2. The summed E-state index contributed by atoms with van der Waals surface area (Å²) in [5.74, 6) is -0.867. The molecule has 4 N–H and O–H groups in total. The summed E-state index contributed by atoms with van der Waals surface area (Å²) >= 11 is 3.66. The van der Waals surface area contributed by atoms with Gasteiger partial charge in [-0.25, -0.2) is 13.1 Å². The molecule has 202 valence electrons. The van der Waals surface area contributed by atoms with Gasteiger partial charge < -0.3 is 15.4 Å². The average molecular weight is 571 g/mol. The minimum absolute atomic E-state index is 0.0579. The minimum atomic E-state index is -2.39. The van der Waals surface area contributed by atoms with Crippen molar-refractivity contribution in [3.8, 4) is 11.3 Å². The first-order chi connectivity index (χ1) is 18.7. The highest BCUT2D eigenvalue weighted by atomic mass is 35.5. The molecule has 1 unspecified atom stereocenters. The first-order valence-electron chi connectivity index (χ1n) is 12.2. The van der Waals surface area contributed by atoms with Crippen LogP contribution < -0.4 is 10.8 Å². The molecule has 2 heterocycles. The van der Waals surface area contributed by atoms with Crippen molar-refractivity contribution in [2.75, 3.05) is 7.05 Å². The smallest absolute Gasteiger partial charge is 0.423 e. The van der Waals surface area contributed by atoms with Gasteiger partial charge in [-0.2, -0.15) is 9.40 Å². The number of hydrogen-bond donors (Lipinski definition) is 4. The van der Waals surface area contributed by atoms with Gasteiger partial charge in [-0.3, -0.25) is 9.35 Å². The maximum Gasteiger partial charge on any atom is 0.491 e. The molecule has 1 aliphatic rings. The fourth-order valence-corrected chi connectivity index (χ4v) is 5.28. The molecule has 1 aliphatic carbocycles. The van der Waals surface area contributed by atoms with E-state index in [4.69, 9.17) is 16.7 Å². The van der Waals surface area contributed by atoms with Crippen LogP contribution in [0.3, 0.4) is 0 Å². The Morgan fingerprint density at radius 2 is 1.92 bits per heavy atom. The molecule has 1 saturated carbocycles. The molecule has 0 spiro atoms. The normalized spacial score (nSPS) is 14.1. The third-order valence-corrected chi connectivity index (χ3v) is 7.70. The molecular weight excluding hydrogens is 546 g/mol. The molecule has 0 aliphatic heterocycles. The summed E-state index contributed by atoms with van der Waals surface area (Å²) in [6.07, 6.45) is 3.67. The maximum absolute atomic E-state index is 14.3. The zero-order valence-electron chi connectivity index (χ0n) is 20.8. The largest absolute Gasteiger partial charge is 0.491 e. The van der Waals surface area contributed by atoms with E-state index >= 15 is 0 Å². The fourth-order valence-electron chi connectivity index (χ4n) is 4.65. The Balaban J connectivity index is 1.55. The maximum atomic E-state index is 14.3. The van der Waals surface area contributed by atoms with E-state index in [0.29, 0.717) is 32.9 Å². The number of nitrogens with zero attached hydrogens (tertiary/aromatic N) is 3. The van der Waals surface area contributed by atoms with Crippen molar-refractivity contribution in [3.63, 3.8) is 0 Å². The van der Waals surface area contributed by atoms with Crippen molar-refractivity contribution in [1.29, 1.82) is 0 Å². The Morgan fingerprint density at radius 3 is 2.51 bits per heavy atom. The van der Waals surface area contributed by atoms with Gasteiger partial charge in [0.2, 0.25) is 11.3 Å². The summed E-state index contributed by atoms with van der Waals surface area (Å²) < 4.78 is 39.5. The number of carbonyl (C=O) groups is 1. The van der Waals surface area contributed by atoms with Crippen LogP contribution in [0.2, 0.25) is 5.02 Å². The number of fused-ring (bicyclic) bond motifs is 1. The van der Waals surface area contributed by atoms with Crippen LogP contribution in [0, 0.1) is 5.82 Å². The van der Waals surface area contributed by atoms with E-state index < -0.39 is 24.2 Å². The molecular formula is C26H25BClFN4O5S. The second-order valence-corrected chi connectivity index (χ2v) is 10.8. The predicted octanol–water partition coefficient (Wildman–Crippen LogP) is 2.85. The Morgan fingerprint density at radius 1 is 1.21 bits per heavy atom. The lowest BCUT2D eigenvalue weighted by Gasteiger charge is -2.20. The molecule has 1 amide bonds. The predicted molar refractivity (Wildman–Crippen MR) is 147 cm³/mol. The van der Waals surface area contributed by atoms with Gasteiger partial charge in [0.15, 0.2) is 0 Å². The molecule has 0 bridgehead atoms. The van der Waals surface area contributed by atoms with Gasteiger partial charge in [0.1, 0.15) is 11.5 Å². The highest BCUT2D eigenvalue weighted by molar-refractivity contribution is 7.76. The third kappa shape index (κ3) is 5.76. The van der Waals surface area contributed by atoms with Crippen molar-refractivity contribution in [1.82, 2.24) is 19.2 Å². The summed E-state index contributed by atoms with van der Waals surface area (Å²) in [7, 11) is -0.403. The molecule has 9 nitrogen and oxygen atoms in total. The molecule has 0 saturated heterocycles. The van der Waals surface area contributed by atoms with Crippen molar-refractivity contribution >= 4 is 46.9 Å². The van der Waals surface area contributed by atoms with Crippen LogP contribution in [0.5, 0.6) is 0 Å². The fraction of sp³-hybridized carbons (Fsp3) is 0.231. The summed E-state index contributed by atoms with van der Waals surface area (Å²) in [6.45, 7) is -0.00900. The van der Waals surface area contributed by atoms with Crippen LogP contribution in [0.25, 0.3) is 16.8 Å². The molecule has 13 heteroatoms. The molecule has 1 atom stereocenters. The van der Waals surface area contributed by atoms with Gasteiger partial charge in [0.25, 0.3) is 5.91 Å². The SMILES string of the molecule is CNC(=O)c1c(-c2ccc(Cl)cc2)nn2cc(CN(Cc3ccc(B(O)O)c(F)c3)S(=O)O)c(C3CC3)cc12.